The van der Waals surface area contributed by atoms with Gasteiger partial charge in [0.05, 0.1) is 24.4 Å². The Balaban J connectivity index is 1.61. The fraction of sp³-hybridized carbons (Fsp3) is 0.375. The molecule has 0 aliphatic carbocycles. The van der Waals surface area contributed by atoms with Crippen molar-refractivity contribution in [2.75, 3.05) is 19.7 Å². The molecule has 2 atom stereocenters. The van der Waals surface area contributed by atoms with Crippen LogP contribution in [0.3, 0.4) is 0 Å². The maximum absolute atomic E-state index is 13.5. The van der Waals surface area contributed by atoms with Crippen LogP contribution in [0, 0.1) is 5.82 Å². The fourth-order valence-electron chi connectivity index (χ4n) is 4.41. The second-order valence-corrected chi connectivity index (χ2v) is 8.06. The molecular weight excluding hydrogens is 381 g/mol. The summed E-state index contributed by atoms with van der Waals surface area (Å²) in [7, 11) is 0. The van der Waals surface area contributed by atoms with Crippen molar-refractivity contribution >= 4 is 0 Å². The number of aromatic amines is 1. The van der Waals surface area contributed by atoms with E-state index >= 15 is 0 Å². The summed E-state index contributed by atoms with van der Waals surface area (Å²) in [6.07, 6.45) is 4.89. The Morgan fingerprint density at radius 3 is 2.37 bits per heavy atom. The number of nitrogens with one attached hydrogen (secondary N) is 1. The Labute approximate surface area is 176 Å². The molecule has 1 fully saturated rings. The minimum Gasteiger partial charge on any atom is -0.395 e. The lowest BCUT2D eigenvalue weighted by Gasteiger charge is -2.37. The minimum absolute atomic E-state index is 0.0360. The molecule has 1 saturated heterocycles. The van der Waals surface area contributed by atoms with Crippen LogP contribution in [0.2, 0.25) is 0 Å². The van der Waals surface area contributed by atoms with Gasteiger partial charge < -0.3 is 15.2 Å². The van der Waals surface area contributed by atoms with Crippen LogP contribution in [0.4, 0.5) is 4.39 Å². The number of rotatable bonds is 6. The van der Waals surface area contributed by atoms with Gasteiger partial charge in [0.15, 0.2) is 0 Å². The van der Waals surface area contributed by atoms with Crippen molar-refractivity contribution in [3.63, 3.8) is 0 Å². The third-order valence-corrected chi connectivity index (χ3v) is 6.15. The van der Waals surface area contributed by atoms with Crippen LogP contribution >= 0.6 is 0 Å². The summed E-state index contributed by atoms with van der Waals surface area (Å²) in [6, 6.07) is 12.5. The van der Waals surface area contributed by atoms with Gasteiger partial charge in [-0.1, -0.05) is 0 Å². The number of aliphatic hydroxyl groups is 2. The van der Waals surface area contributed by atoms with E-state index in [0.717, 1.165) is 48.3 Å². The summed E-state index contributed by atoms with van der Waals surface area (Å²) in [4.78, 5) is 9.90. The quantitative estimate of drug-likeness (QED) is 0.579. The predicted octanol–water partition coefficient (Wildman–Crippen LogP) is 3.80. The number of H-pyrrole nitrogens is 1. The van der Waals surface area contributed by atoms with E-state index in [0.29, 0.717) is 5.92 Å². The van der Waals surface area contributed by atoms with E-state index in [1.165, 1.54) is 17.8 Å². The Morgan fingerprint density at radius 2 is 1.77 bits per heavy atom. The number of nitrogens with zero attached hydrogens (tertiary/aromatic N) is 2. The number of aliphatic hydroxyl groups excluding tert-OH is 2. The fourth-order valence-corrected chi connectivity index (χ4v) is 4.41. The highest BCUT2D eigenvalue weighted by atomic mass is 19.1. The van der Waals surface area contributed by atoms with Crippen LogP contribution in [0.5, 0.6) is 0 Å². The number of pyridine rings is 1. The summed E-state index contributed by atoms with van der Waals surface area (Å²) in [5, 5.41) is 19.5. The smallest absolute Gasteiger partial charge is 0.123 e. The SMILES string of the molecule is CC(O)[C@H](CO)N1CCC(c2cc(-c3ccncc3)c(-c3ccc(F)cc3)[nH]2)CC1. The minimum atomic E-state index is -0.555. The average Bonchev–Trinajstić information content (AvgIpc) is 3.21. The zero-order valence-electron chi connectivity index (χ0n) is 17.1. The van der Waals surface area contributed by atoms with Gasteiger partial charge in [0.25, 0.3) is 0 Å². The zero-order valence-corrected chi connectivity index (χ0v) is 17.1. The first-order chi connectivity index (χ1) is 14.6. The van der Waals surface area contributed by atoms with E-state index in [1.807, 2.05) is 12.1 Å². The highest BCUT2D eigenvalue weighted by molar-refractivity contribution is 5.82. The van der Waals surface area contributed by atoms with Gasteiger partial charge in [-0.25, -0.2) is 4.39 Å². The summed E-state index contributed by atoms with van der Waals surface area (Å²) >= 11 is 0. The molecule has 3 N–H and O–H groups in total. The number of piperidine rings is 1. The molecule has 1 unspecified atom stereocenters. The number of likely N-dealkylation sites (tertiary alicyclic amines) is 1. The summed E-state index contributed by atoms with van der Waals surface area (Å²) in [6.45, 7) is 3.35. The van der Waals surface area contributed by atoms with Gasteiger partial charge >= 0.3 is 0 Å². The average molecular weight is 410 g/mol. The van der Waals surface area contributed by atoms with Crippen LogP contribution in [-0.2, 0) is 0 Å². The van der Waals surface area contributed by atoms with Crippen molar-refractivity contribution in [3.05, 3.63) is 66.4 Å². The molecule has 0 amide bonds. The Bertz CT molecular complexity index is 948. The molecule has 6 heteroatoms. The van der Waals surface area contributed by atoms with E-state index in [9.17, 15) is 14.6 Å². The highest BCUT2D eigenvalue weighted by Crippen LogP contribution is 2.37. The topological polar surface area (TPSA) is 72.4 Å². The summed E-state index contributed by atoms with van der Waals surface area (Å²) in [5.74, 6) is 0.115. The standard InChI is InChI=1S/C24H28FN3O2/c1-16(30)23(15-29)28-12-8-18(9-13-28)22-14-21(17-6-10-26-11-7-17)24(27-22)19-2-4-20(25)5-3-19/h2-7,10-11,14,16,18,23,27,29-30H,8-9,12-13,15H2,1H3/t16?,23-/m0/s1. The summed E-state index contributed by atoms with van der Waals surface area (Å²) in [5.41, 5.74) is 5.24. The van der Waals surface area contributed by atoms with E-state index in [-0.39, 0.29) is 18.5 Å². The number of hydrogen-bond donors (Lipinski definition) is 3. The first-order valence-electron chi connectivity index (χ1n) is 10.5. The molecule has 1 aliphatic rings. The van der Waals surface area contributed by atoms with Gasteiger partial charge in [0.2, 0.25) is 0 Å². The van der Waals surface area contributed by atoms with Crippen LogP contribution in [0.1, 0.15) is 31.4 Å². The molecule has 3 aromatic rings. The maximum Gasteiger partial charge on any atom is 0.123 e. The third kappa shape index (κ3) is 4.31. The van der Waals surface area contributed by atoms with Crippen molar-refractivity contribution in [3.8, 4) is 22.4 Å². The second kappa shape index (κ2) is 9.08. The lowest BCUT2D eigenvalue weighted by molar-refractivity contribution is 0.0132. The normalized spacial score (nSPS) is 17.7. The van der Waals surface area contributed by atoms with Gasteiger partial charge in [-0.05, 0) is 86.4 Å². The Morgan fingerprint density at radius 1 is 1.10 bits per heavy atom. The zero-order chi connectivity index (χ0) is 21.1. The monoisotopic (exact) mass is 409 g/mol. The maximum atomic E-state index is 13.5. The van der Waals surface area contributed by atoms with Crippen LogP contribution in [-0.4, -0.2) is 56.9 Å². The molecule has 0 radical (unpaired) electrons. The van der Waals surface area contributed by atoms with Crippen molar-refractivity contribution in [1.82, 2.24) is 14.9 Å². The molecule has 1 aromatic carbocycles. The Hall–Kier alpha value is -2.54. The molecule has 0 spiro atoms. The molecular formula is C24H28FN3O2. The number of benzene rings is 1. The second-order valence-electron chi connectivity index (χ2n) is 8.06. The molecule has 2 aromatic heterocycles. The van der Waals surface area contributed by atoms with Crippen molar-refractivity contribution < 1.29 is 14.6 Å². The van der Waals surface area contributed by atoms with Crippen molar-refractivity contribution in [2.45, 2.75) is 37.8 Å². The van der Waals surface area contributed by atoms with E-state index < -0.39 is 6.10 Å². The van der Waals surface area contributed by atoms with Gasteiger partial charge in [0.1, 0.15) is 5.82 Å². The first kappa shape index (κ1) is 20.7. The number of hydrogen-bond acceptors (Lipinski definition) is 4. The highest BCUT2D eigenvalue weighted by Gasteiger charge is 2.29. The molecule has 4 rings (SSSR count). The molecule has 30 heavy (non-hydrogen) atoms. The third-order valence-electron chi connectivity index (χ3n) is 6.15. The molecule has 1 aliphatic heterocycles. The number of aromatic nitrogens is 2. The van der Waals surface area contributed by atoms with Gasteiger partial charge in [-0.2, -0.15) is 0 Å². The van der Waals surface area contributed by atoms with E-state index in [1.54, 1.807) is 31.5 Å². The molecule has 0 saturated carbocycles. The van der Waals surface area contributed by atoms with E-state index in [2.05, 4.69) is 20.9 Å². The lowest BCUT2D eigenvalue weighted by Crippen LogP contribution is -2.48. The number of halogens is 1. The molecule has 0 bridgehead atoms. The van der Waals surface area contributed by atoms with Crippen LogP contribution in [0.25, 0.3) is 22.4 Å². The molecule has 3 heterocycles. The molecule has 158 valence electrons. The van der Waals surface area contributed by atoms with Crippen molar-refractivity contribution in [2.24, 2.45) is 0 Å². The molecule has 5 nitrogen and oxygen atoms in total. The lowest BCUT2D eigenvalue weighted by atomic mass is 9.91. The summed E-state index contributed by atoms with van der Waals surface area (Å²) < 4.78 is 13.5. The first-order valence-corrected chi connectivity index (χ1v) is 10.5. The predicted molar refractivity (Wildman–Crippen MR) is 116 cm³/mol. The van der Waals surface area contributed by atoms with E-state index in [4.69, 9.17) is 0 Å². The van der Waals surface area contributed by atoms with Crippen LogP contribution in [0.15, 0.2) is 54.9 Å². The van der Waals surface area contributed by atoms with Gasteiger partial charge in [0, 0.05) is 29.6 Å². The van der Waals surface area contributed by atoms with Crippen LogP contribution < -0.4 is 0 Å². The Kier molecular flexibility index (Phi) is 6.27. The van der Waals surface area contributed by atoms with Gasteiger partial charge in [-0.15, -0.1) is 0 Å². The van der Waals surface area contributed by atoms with Gasteiger partial charge in [-0.3, -0.25) is 9.88 Å². The largest absolute Gasteiger partial charge is 0.395 e. The van der Waals surface area contributed by atoms with Crippen molar-refractivity contribution in [1.29, 1.82) is 0 Å².